The summed E-state index contributed by atoms with van der Waals surface area (Å²) in [6.45, 7) is 0.524. The first-order valence-corrected chi connectivity index (χ1v) is 6.12. The Kier molecular flexibility index (Phi) is 3.00. The van der Waals surface area contributed by atoms with Gasteiger partial charge in [-0.05, 0) is 11.6 Å². The highest BCUT2D eigenvalue weighted by atomic mass is 35.5. The molecule has 3 aromatic rings. The largest absolute Gasteiger partial charge is 0.371 e. The van der Waals surface area contributed by atoms with Gasteiger partial charge in [0.1, 0.15) is 6.33 Å². The van der Waals surface area contributed by atoms with E-state index in [1.54, 1.807) is 11.7 Å². The lowest BCUT2D eigenvalue weighted by Gasteiger charge is -2.04. The standard InChI is InChI=1S/C12H11ClN6/c1-14-11-10-12(16-7-15-11)19(18-17-10)6-8-4-2-3-5-9(8)13/h2-5,7H,6H2,1H3,(H,14,15,16). The molecular weight excluding hydrogens is 264 g/mol. The number of hydrogen-bond donors (Lipinski definition) is 1. The Morgan fingerprint density at radius 2 is 2.11 bits per heavy atom. The first-order valence-electron chi connectivity index (χ1n) is 5.75. The number of benzene rings is 1. The van der Waals surface area contributed by atoms with Gasteiger partial charge in [-0.25, -0.2) is 14.6 Å². The van der Waals surface area contributed by atoms with Crippen molar-refractivity contribution in [3.05, 3.63) is 41.2 Å². The van der Waals surface area contributed by atoms with Crippen molar-refractivity contribution < 1.29 is 0 Å². The van der Waals surface area contributed by atoms with Gasteiger partial charge in [-0.1, -0.05) is 35.0 Å². The molecule has 96 valence electrons. The molecule has 1 N–H and O–H groups in total. The van der Waals surface area contributed by atoms with E-state index in [1.165, 1.54) is 6.33 Å². The lowest BCUT2D eigenvalue weighted by Crippen LogP contribution is -2.04. The maximum Gasteiger partial charge on any atom is 0.184 e. The molecule has 0 unspecified atom stereocenters. The third-order valence-corrected chi connectivity index (χ3v) is 3.18. The zero-order valence-electron chi connectivity index (χ0n) is 10.2. The Morgan fingerprint density at radius 1 is 1.26 bits per heavy atom. The number of halogens is 1. The van der Waals surface area contributed by atoms with Crippen LogP contribution in [-0.2, 0) is 6.54 Å². The number of fused-ring (bicyclic) bond motifs is 1. The van der Waals surface area contributed by atoms with Gasteiger partial charge in [0.15, 0.2) is 17.0 Å². The van der Waals surface area contributed by atoms with Gasteiger partial charge in [0.25, 0.3) is 0 Å². The minimum atomic E-state index is 0.524. The van der Waals surface area contributed by atoms with E-state index in [0.717, 1.165) is 5.56 Å². The molecule has 0 fully saturated rings. The van der Waals surface area contributed by atoms with Crippen molar-refractivity contribution in [2.45, 2.75) is 6.54 Å². The van der Waals surface area contributed by atoms with Crippen molar-refractivity contribution in [2.24, 2.45) is 0 Å². The molecule has 0 bridgehead atoms. The second-order valence-corrected chi connectivity index (χ2v) is 4.39. The molecule has 1 aromatic carbocycles. The van der Waals surface area contributed by atoms with Crippen molar-refractivity contribution in [3.63, 3.8) is 0 Å². The molecule has 0 aliphatic rings. The van der Waals surface area contributed by atoms with E-state index in [0.29, 0.717) is 28.5 Å². The van der Waals surface area contributed by atoms with E-state index in [-0.39, 0.29) is 0 Å². The number of aromatic nitrogens is 5. The molecule has 0 atom stereocenters. The summed E-state index contributed by atoms with van der Waals surface area (Å²) in [5, 5.41) is 11.9. The first kappa shape index (κ1) is 11.9. The smallest absolute Gasteiger partial charge is 0.184 e. The van der Waals surface area contributed by atoms with Crippen LogP contribution in [0.4, 0.5) is 5.82 Å². The molecule has 0 spiro atoms. The van der Waals surface area contributed by atoms with Crippen LogP contribution in [-0.4, -0.2) is 32.0 Å². The highest BCUT2D eigenvalue weighted by Crippen LogP contribution is 2.19. The Hall–Kier alpha value is -2.21. The van der Waals surface area contributed by atoms with Gasteiger partial charge < -0.3 is 5.32 Å². The highest BCUT2D eigenvalue weighted by molar-refractivity contribution is 6.31. The van der Waals surface area contributed by atoms with Gasteiger partial charge in [0.2, 0.25) is 0 Å². The highest BCUT2D eigenvalue weighted by Gasteiger charge is 2.11. The molecule has 0 aliphatic carbocycles. The van der Waals surface area contributed by atoms with Crippen LogP contribution in [0.5, 0.6) is 0 Å². The summed E-state index contributed by atoms with van der Waals surface area (Å²) in [5.74, 6) is 0.662. The van der Waals surface area contributed by atoms with Crippen molar-refractivity contribution in [1.29, 1.82) is 0 Å². The summed E-state index contributed by atoms with van der Waals surface area (Å²) in [6, 6.07) is 7.64. The first-order chi connectivity index (χ1) is 9.29. The van der Waals surface area contributed by atoms with Gasteiger partial charge in [-0.15, -0.1) is 5.10 Å². The molecular formula is C12H11ClN6. The Bertz CT molecular complexity index is 723. The maximum absolute atomic E-state index is 6.14. The fourth-order valence-corrected chi connectivity index (χ4v) is 2.06. The third-order valence-electron chi connectivity index (χ3n) is 2.81. The topological polar surface area (TPSA) is 68.5 Å². The van der Waals surface area contributed by atoms with Crippen LogP contribution >= 0.6 is 11.6 Å². The molecule has 2 heterocycles. The minimum Gasteiger partial charge on any atom is -0.371 e. The average Bonchev–Trinajstić information content (AvgIpc) is 2.84. The lowest BCUT2D eigenvalue weighted by atomic mass is 10.2. The molecule has 0 saturated heterocycles. The normalized spacial score (nSPS) is 10.8. The SMILES string of the molecule is CNc1ncnc2c1nnn2Cc1ccccc1Cl. The predicted octanol–water partition coefficient (Wildman–Crippen LogP) is 1.96. The molecule has 7 heteroatoms. The van der Waals surface area contributed by atoms with Gasteiger partial charge in [0.05, 0.1) is 6.54 Å². The van der Waals surface area contributed by atoms with Crippen molar-refractivity contribution in [3.8, 4) is 0 Å². The number of rotatable bonds is 3. The van der Waals surface area contributed by atoms with Gasteiger partial charge >= 0.3 is 0 Å². The van der Waals surface area contributed by atoms with Crippen molar-refractivity contribution in [1.82, 2.24) is 25.0 Å². The summed E-state index contributed by atoms with van der Waals surface area (Å²) in [6.07, 6.45) is 1.49. The zero-order valence-corrected chi connectivity index (χ0v) is 11.0. The fourth-order valence-electron chi connectivity index (χ4n) is 1.87. The van der Waals surface area contributed by atoms with E-state index < -0.39 is 0 Å². The molecule has 0 aliphatic heterocycles. The average molecular weight is 275 g/mol. The number of nitrogens with zero attached hydrogens (tertiary/aromatic N) is 5. The second kappa shape index (κ2) is 4.81. The molecule has 0 amide bonds. The van der Waals surface area contributed by atoms with Gasteiger partial charge in [-0.2, -0.15) is 0 Å². The Morgan fingerprint density at radius 3 is 2.89 bits per heavy atom. The molecule has 19 heavy (non-hydrogen) atoms. The van der Waals surface area contributed by atoms with Crippen LogP contribution in [0.1, 0.15) is 5.56 Å². The van der Waals surface area contributed by atoms with E-state index >= 15 is 0 Å². The molecule has 2 aromatic heterocycles. The third kappa shape index (κ3) is 2.10. The molecule has 0 saturated carbocycles. The maximum atomic E-state index is 6.14. The van der Waals surface area contributed by atoms with Crippen LogP contribution < -0.4 is 5.32 Å². The number of hydrogen-bond acceptors (Lipinski definition) is 5. The molecule has 0 radical (unpaired) electrons. The number of anilines is 1. The minimum absolute atomic E-state index is 0.524. The monoisotopic (exact) mass is 274 g/mol. The van der Waals surface area contributed by atoms with Gasteiger partial charge in [0, 0.05) is 12.1 Å². The summed E-state index contributed by atoms with van der Waals surface area (Å²) >= 11 is 6.14. The van der Waals surface area contributed by atoms with E-state index in [4.69, 9.17) is 11.6 Å². The lowest BCUT2D eigenvalue weighted by molar-refractivity contribution is 0.664. The Balaban J connectivity index is 2.05. The zero-order chi connectivity index (χ0) is 13.2. The summed E-state index contributed by atoms with van der Waals surface area (Å²) in [7, 11) is 1.79. The quantitative estimate of drug-likeness (QED) is 0.791. The van der Waals surface area contributed by atoms with Crippen molar-refractivity contribution >= 4 is 28.6 Å². The van der Waals surface area contributed by atoms with Crippen LogP contribution in [0.25, 0.3) is 11.2 Å². The summed E-state index contributed by atoms with van der Waals surface area (Å²) < 4.78 is 1.71. The number of nitrogens with one attached hydrogen (secondary N) is 1. The van der Waals surface area contributed by atoms with E-state index in [1.807, 2.05) is 24.3 Å². The molecule has 3 rings (SSSR count). The van der Waals surface area contributed by atoms with Crippen LogP contribution in [0.2, 0.25) is 5.02 Å². The van der Waals surface area contributed by atoms with E-state index in [9.17, 15) is 0 Å². The van der Waals surface area contributed by atoms with Crippen molar-refractivity contribution in [2.75, 3.05) is 12.4 Å². The predicted molar refractivity (Wildman–Crippen MR) is 73.2 cm³/mol. The summed E-state index contributed by atoms with van der Waals surface area (Å²) in [4.78, 5) is 8.32. The van der Waals surface area contributed by atoms with Crippen LogP contribution in [0, 0.1) is 0 Å². The van der Waals surface area contributed by atoms with Crippen LogP contribution in [0.15, 0.2) is 30.6 Å². The van der Waals surface area contributed by atoms with Gasteiger partial charge in [-0.3, -0.25) is 0 Å². The fraction of sp³-hybridized carbons (Fsp3) is 0.167. The second-order valence-electron chi connectivity index (χ2n) is 3.98. The van der Waals surface area contributed by atoms with Crippen LogP contribution in [0.3, 0.4) is 0 Å². The van der Waals surface area contributed by atoms with E-state index in [2.05, 4.69) is 25.6 Å². The molecule has 6 nitrogen and oxygen atoms in total. The summed E-state index contributed by atoms with van der Waals surface area (Å²) in [5.41, 5.74) is 2.30. The Labute approximate surface area is 114 Å².